The van der Waals surface area contributed by atoms with E-state index < -0.39 is 0 Å². The summed E-state index contributed by atoms with van der Waals surface area (Å²) in [4.78, 5) is 21.0. The highest BCUT2D eigenvalue weighted by atomic mass is 16.3. The highest BCUT2D eigenvalue weighted by Gasteiger charge is 2.07. The fourth-order valence-corrected chi connectivity index (χ4v) is 3.02. The Morgan fingerprint density at radius 1 is 1.07 bits per heavy atom. The summed E-state index contributed by atoms with van der Waals surface area (Å²) in [6.45, 7) is 0.510. The van der Waals surface area contributed by atoms with Gasteiger partial charge in [0.25, 0.3) is 0 Å². The summed E-state index contributed by atoms with van der Waals surface area (Å²) in [6, 6.07) is 15.0. The highest BCUT2D eigenvalue weighted by Crippen LogP contribution is 2.15. The highest BCUT2D eigenvalue weighted by molar-refractivity contribution is 6.01. The third-order valence-corrected chi connectivity index (χ3v) is 4.32. The molecule has 142 valence electrons. The molecule has 0 saturated carbocycles. The summed E-state index contributed by atoms with van der Waals surface area (Å²) in [7, 11) is 0. The summed E-state index contributed by atoms with van der Waals surface area (Å²) < 4.78 is 9.24. The lowest BCUT2D eigenvalue weighted by molar-refractivity contribution is -0.111. The van der Waals surface area contributed by atoms with Crippen molar-refractivity contribution in [2.24, 2.45) is 0 Å². The molecule has 0 fully saturated rings. The Morgan fingerprint density at radius 2 is 1.97 bits per heavy atom. The minimum Gasteiger partial charge on any atom is -0.437 e. The van der Waals surface area contributed by atoms with E-state index in [4.69, 9.17) is 4.42 Å². The lowest BCUT2D eigenvalue weighted by Crippen LogP contribution is -2.09. The van der Waals surface area contributed by atoms with Crippen molar-refractivity contribution in [3.05, 3.63) is 84.8 Å². The summed E-state index contributed by atoms with van der Waals surface area (Å²) in [5.41, 5.74) is 3.19. The Hall–Kier alpha value is -4.20. The number of hydrogen-bond acceptors (Lipinski definition) is 5. The van der Waals surface area contributed by atoms with E-state index in [1.807, 2.05) is 59.3 Å². The van der Waals surface area contributed by atoms with Gasteiger partial charge in [-0.25, -0.2) is 9.97 Å². The predicted molar refractivity (Wildman–Crippen MR) is 108 cm³/mol. The van der Waals surface area contributed by atoms with Gasteiger partial charge in [-0.2, -0.15) is 5.10 Å². The summed E-state index contributed by atoms with van der Waals surface area (Å²) in [6.07, 6.45) is 8.60. The molecule has 0 aliphatic carbocycles. The number of carbonyl (C=O) groups excluding carboxylic acids is 1. The van der Waals surface area contributed by atoms with E-state index >= 15 is 0 Å². The van der Waals surface area contributed by atoms with Gasteiger partial charge in [-0.15, -0.1) is 0 Å². The van der Waals surface area contributed by atoms with Gasteiger partial charge >= 0.3 is 0 Å². The molecular weight excluding hydrogens is 368 g/mol. The zero-order valence-electron chi connectivity index (χ0n) is 15.3. The van der Waals surface area contributed by atoms with Crippen LogP contribution in [0.2, 0.25) is 0 Å². The molecule has 5 aromatic rings. The van der Waals surface area contributed by atoms with Gasteiger partial charge in [0.1, 0.15) is 11.2 Å². The van der Waals surface area contributed by atoms with Gasteiger partial charge in [0.2, 0.25) is 11.8 Å². The number of hydrogen-bond donors (Lipinski definition) is 1. The molecule has 4 heterocycles. The second kappa shape index (κ2) is 7.08. The number of nitrogens with zero attached hydrogens (tertiary/aromatic N) is 5. The normalized spacial score (nSPS) is 11.6. The molecular formula is C21H16N6O2. The van der Waals surface area contributed by atoms with Crippen molar-refractivity contribution in [2.45, 2.75) is 6.54 Å². The molecule has 8 nitrogen and oxygen atoms in total. The number of nitrogens with one attached hydrogen (secondary N) is 1. The van der Waals surface area contributed by atoms with Crippen LogP contribution in [0.25, 0.3) is 22.8 Å². The molecule has 1 aromatic carbocycles. The molecule has 8 heteroatoms. The van der Waals surface area contributed by atoms with Crippen LogP contribution in [0, 0.1) is 0 Å². The molecule has 1 N–H and O–H groups in total. The number of rotatable bonds is 5. The quantitative estimate of drug-likeness (QED) is 0.469. The maximum atomic E-state index is 12.2. The van der Waals surface area contributed by atoms with Crippen molar-refractivity contribution in [3.63, 3.8) is 0 Å². The minimum absolute atomic E-state index is 0.315. The molecule has 0 unspecified atom stereocenters. The second-order valence-electron chi connectivity index (χ2n) is 6.44. The van der Waals surface area contributed by atoms with E-state index in [2.05, 4.69) is 20.4 Å². The number of pyridine rings is 1. The average molecular weight is 384 g/mol. The maximum Gasteiger partial charge on any atom is 0.249 e. The molecule has 29 heavy (non-hydrogen) atoms. The number of anilines is 1. The topological polar surface area (TPSA) is 90.2 Å². The van der Waals surface area contributed by atoms with Crippen LogP contribution in [0.3, 0.4) is 0 Å². The fourth-order valence-electron chi connectivity index (χ4n) is 3.02. The van der Waals surface area contributed by atoms with Crippen LogP contribution >= 0.6 is 0 Å². The lowest BCUT2D eigenvalue weighted by Gasteiger charge is -1.98. The molecule has 0 aliphatic rings. The Labute approximate surface area is 165 Å². The first-order valence-corrected chi connectivity index (χ1v) is 9.04. The van der Waals surface area contributed by atoms with Gasteiger partial charge in [-0.1, -0.05) is 18.2 Å². The fraction of sp³-hybridized carbons (Fsp3) is 0.0476. The van der Waals surface area contributed by atoms with Crippen LogP contribution in [0.1, 0.15) is 11.6 Å². The standard InChI is InChI=1S/C21H16N6O2/c28-20(8-9-21-23-16-5-1-2-6-17(16)29-21)24-18-10-12-27(25-18)14-15-13-26-11-4-3-7-19(26)22-15/h1-13H,14H2,(H,24,25,28). The van der Waals surface area contributed by atoms with Crippen molar-refractivity contribution in [3.8, 4) is 0 Å². The summed E-state index contributed by atoms with van der Waals surface area (Å²) in [5, 5.41) is 7.09. The van der Waals surface area contributed by atoms with Crippen molar-refractivity contribution >= 4 is 34.5 Å². The van der Waals surface area contributed by atoms with E-state index in [9.17, 15) is 4.79 Å². The Bertz CT molecular complexity index is 1280. The van der Waals surface area contributed by atoms with Gasteiger partial charge in [0.05, 0.1) is 12.2 Å². The first-order chi connectivity index (χ1) is 14.2. The predicted octanol–water partition coefficient (Wildman–Crippen LogP) is 3.37. The lowest BCUT2D eigenvalue weighted by atomic mass is 10.3. The smallest absolute Gasteiger partial charge is 0.249 e. The molecule has 0 aliphatic heterocycles. The number of para-hydroxylation sites is 2. The first-order valence-electron chi connectivity index (χ1n) is 9.04. The number of amides is 1. The largest absolute Gasteiger partial charge is 0.437 e. The average Bonchev–Trinajstić information content (AvgIpc) is 3.43. The summed E-state index contributed by atoms with van der Waals surface area (Å²) in [5.74, 6) is 0.518. The van der Waals surface area contributed by atoms with Crippen molar-refractivity contribution in [1.82, 2.24) is 24.1 Å². The number of benzene rings is 1. The second-order valence-corrected chi connectivity index (χ2v) is 6.44. The Balaban J connectivity index is 1.23. The minimum atomic E-state index is -0.315. The van der Waals surface area contributed by atoms with E-state index in [-0.39, 0.29) is 5.91 Å². The molecule has 0 saturated heterocycles. The van der Waals surface area contributed by atoms with E-state index in [1.54, 1.807) is 16.9 Å². The van der Waals surface area contributed by atoms with Crippen molar-refractivity contribution in [1.29, 1.82) is 0 Å². The van der Waals surface area contributed by atoms with Gasteiger partial charge in [0.15, 0.2) is 11.4 Å². The Morgan fingerprint density at radius 3 is 2.86 bits per heavy atom. The monoisotopic (exact) mass is 384 g/mol. The zero-order chi connectivity index (χ0) is 19.6. The molecule has 5 rings (SSSR count). The molecule has 0 radical (unpaired) electrons. The van der Waals surface area contributed by atoms with Crippen LogP contribution in [0.15, 0.2) is 77.6 Å². The van der Waals surface area contributed by atoms with Crippen LogP contribution < -0.4 is 5.32 Å². The maximum absolute atomic E-state index is 12.2. The molecule has 0 spiro atoms. The van der Waals surface area contributed by atoms with Crippen LogP contribution in [0.5, 0.6) is 0 Å². The first kappa shape index (κ1) is 16.9. The number of fused-ring (bicyclic) bond motifs is 2. The van der Waals surface area contributed by atoms with Crippen LogP contribution in [-0.4, -0.2) is 30.1 Å². The molecule has 4 aromatic heterocycles. The SMILES string of the molecule is O=C(C=Cc1nc2ccccc2o1)Nc1ccn(Cc2cn3ccccc3n2)n1. The third kappa shape index (κ3) is 3.63. The van der Waals surface area contributed by atoms with E-state index in [0.29, 0.717) is 23.8 Å². The van der Waals surface area contributed by atoms with Gasteiger partial charge < -0.3 is 14.1 Å². The van der Waals surface area contributed by atoms with Gasteiger partial charge in [0, 0.05) is 36.8 Å². The summed E-state index contributed by atoms with van der Waals surface area (Å²) >= 11 is 0. The van der Waals surface area contributed by atoms with Crippen molar-refractivity contribution in [2.75, 3.05) is 5.32 Å². The molecule has 1 amide bonds. The van der Waals surface area contributed by atoms with Crippen LogP contribution in [0.4, 0.5) is 5.82 Å². The van der Waals surface area contributed by atoms with Crippen LogP contribution in [-0.2, 0) is 11.3 Å². The Kier molecular flexibility index (Phi) is 4.14. The molecule has 0 atom stereocenters. The van der Waals surface area contributed by atoms with Gasteiger partial charge in [-0.3, -0.25) is 9.48 Å². The van der Waals surface area contributed by atoms with E-state index in [1.165, 1.54) is 12.2 Å². The van der Waals surface area contributed by atoms with Gasteiger partial charge in [-0.05, 0) is 24.3 Å². The number of oxazole rings is 1. The number of imidazole rings is 1. The number of carbonyl (C=O) groups is 1. The van der Waals surface area contributed by atoms with Crippen molar-refractivity contribution < 1.29 is 9.21 Å². The number of aromatic nitrogens is 5. The van der Waals surface area contributed by atoms with E-state index in [0.717, 1.165) is 16.9 Å². The third-order valence-electron chi connectivity index (χ3n) is 4.32. The molecule has 0 bridgehead atoms. The zero-order valence-corrected chi connectivity index (χ0v) is 15.3.